The van der Waals surface area contributed by atoms with E-state index in [9.17, 15) is 9.90 Å². The fourth-order valence-electron chi connectivity index (χ4n) is 3.45. The van der Waals surface area contributed by atoms with Gasteiger partial charge in [0.25, 0.3) is 0 Å². The number of pyridine rings is 1. The van der Waals surface area contributed by atoms with Gasteiger partial charge >= 0.3 is 6.03 Å². The standard InChI is InChI=1S/C22H27N3O2/c1-2-22(17-26)13-5-15-25(16-22)21(27)24-20-11-8-18(9-12-20)7-10-19-6-3-4-14-23-19/h3-4,6-12,14,26H,2,5,13,15-17H2,1H3,(H,24,27)/b10-7+/t22-/m1/s1. The fraction of sp³-hybridized carbons (Fsp3) is 0.364. The normalized spacial score (nSPS) is 20.0. The Morgan fingerprint density at radius 3 is 2.74 bits per heavy atom. The molecule has 0 unspecified atom stereocenters. The van der Waals surface area contributed by atoms with Gasteiger partial charge in [0.2, 0.25) is 0 Å². The maximum Gasteiger partial charge on any atom is 0.321 e. The molecule has 0 aliphatic carbocycles. The van der Waals surface area contributed by atoms with E-state index in [4.69, 9.17) is 0 Å². The summed E-state index contributed by atoms with van der Waals surface area (Å²) < 4.78 is 0. The van der Waals surface area contributed by atoms with Crippen LogP contribution < -0.4 is 5.32 Å². The predicted molar refractivity (Wildman–Crippen MR) is 109 cm³/mol. The van der Waals surface area contributed by atoms with Crippen LogP contribution in [0.3, 0.4) is 0 Å². The molecule has 1 aliphatic heterocycles. The first-order valence-corrected chi connectivity index (χ1v) is 9.50. The molecular weight excluding hydrogens is 338 g/mol. The Kier molecular flexibility index (Phi) is 6.24. The van der Waals surface area contributed by atoms with E-state index < -0.39 is 0 Å². The van der Waals surface area contributed by atoms with Crippen LogP contribution in [-0.4, -0.2) is 40.7 Å². The number of benzene rings is 1. The third-order valence-electron chi connectivity index (χ3n) is 5.33. The lowest BCUT2D eigenvalue weighted by Gasteiger charge is -2.41. The first-order chi connectivity index (χ1) is 13.1. The van der Waals surface area contributed by atoms with Gasteiger partial charge in [-0.05, 0) is 55.2 Å². The van der Waals surface area contributed by atoms with E-state index in [2.05, 4.69) is 17.2 Å². The van der Waals surface area contributed by atoms with Crippen molar-refractivity contribution in [2.45, 2.75) is 26.2 Å². The van der Waals surface area contributed by atoms with E-state index in [0.717, 1.165) is 42.8 Å². The van der Waals surface area contributed by atoms with Crippen LogP contribution in [0.4, 0.5) is 10.5 Å². The molecule has 1 aromatic carbocycles. The van der Waals surface area contributed by atoms with Crippen molar-refractivity contribution in [1.82, 2.24) is 9.88 Å². The minimum atomic E-state index is -0.157. The van der Waals surface area contributed by atoms with Crippen LogP contribution in [-0.2, 0) is 0 Å². The molecule has 0 radical (unpaired) electrons. The molecule has 1 atom stereocenters. The quantitative estimate of drug-likeness (QED) is 0.832. The molecule has 142 valence electrons. The number of carbonyl (C=O) groups is 1. The number of hydrogen-bond acceptors (Lipinski definition) is 3. The van der Waals surface area contributed by atoms with Crippen molar-refractivity contribution in [1.29, 1.82) is 0 Å². The van der Waals surface area contributed by atoms with Crippen molar-refractivity contribution in [3.05, 3.63) is 59.9 Å². The Balaban J connectivity index is 1.59. The average molecular weight is 365 g/mol. The highest BCUT2D eigenvalue weighted by Gasteiger charge is 2.35. The minimum Gasteiger partial charge on any atom is -0.396 e. The van der Waals surface area contributed by atoms with Crippen LogP contribution in [0.25, 0.3) is 12.2 Å². The third kappa shape index (κ3) is 4.95. The molecule has 5 nitrogen and oxygen atoms in total. The second-order valence-corrected chi connectivity index (χ2v) is 7.18. The van der Waals surface area contributed by atoms with Gasteiger partial charge in [-0.1, -0.05) is 31.2 Å². The second-order valence-electron chi connectivity index (χ2n) is 7.18. The predicted octanol–water partition coefficient (Wildman–Crippen LogP) is 4.27. The van der Waals surface area contributed by atoms with E-state index in [1.165, 1.54) is 0 Å². The molecule has 3 rings (SSSR count). The number of hydrogen-bond donors (Lipinski definition) is 2. The van der Waals surface area contributed by atoms with Gasteiger partial charge in [0.05, 0.1) is 12.3 Å². The number of likely N-dealkylation sites (tertiary alicyclic amines) is 1. The van der Waals surface area contributed by atoms with Crippen molar-refractivity contribution in [3.8, 4) is 0 Å². The molecule has 2 aromatic rings. The summed E-state index contributed by atoms with van der Waals surface area (Å²) in [5, 5.41) is 12.7. The summed E-state index contributed by atoms with van der Waals surface area (Å²) in [5.74, 6) is 0. The van der Waals surface area contributed by atoms with Crippen molar-refractivity contribution in [3.63, 3.8) is 0 Å². The van der Waals surface area contributed by atoms with Gasteiger partial charge in [0.1, 0.15) is 0 Å². The van der Waals surface area contributed by atoms with Gasteiger partial charge in [-0.15, -0.1) is 0 Å². The summed E-state index contributed by atoms with van der Waals surface area (Å²) in [6.45, 7) is 3.55. The zero-order chi connectivity index (χ0) is 19.1. The number of nitrogens with zero attached hydrogens (tertiary/aromatic N) is 2. The number of rotatable bonds is 5. The summed E-state index contributed by atoms with van der Waals surface area (Å²) in [4.78, 5) is 18.7. The average Bonchev–Trinajstić information content (AvgIpc) is 2.74. The Bertz CT molecular complexity index is 768. The highest BCUT2D eigenvalue weighted by Crippen LogP contribution is 2.33. The van der Waals surface area contributed by atoms with Crippen molar-refractivity contribution < 1.29 is 9.90 Å². The molecule has 2 N–H and O–H groups in total. The summed E-state index contributed by atoms with van der Waals surface area (Å²) >= 11 is 0. The lowest BCUT2D eigenvalue weighted by Crippen LogP contribution is -2.49. The number of anilines is 1. The zero-order valence-electron chi connectivity index (χ0n) is 15.8. The number of aromatic nitrogens is 1. The number of aliphatic hydroxyl groups is 1. The Hall–Kier alpha value is -2.66. The van der Waals surface area contributed by atoms with Gasteiger partial charge in [-0.25, -0.2) is 4.79 Å². The molecule has 2 amide bonds. The van der Waals surface area contributed by atoms with Gasteiger partial charge < -0.3 is 15.3 Å². The molecule has 1 saturated heterocycles. The third-order valence-corrected chi connectivity index (χ3v) is 5.33. The van der Waals surface area contributed by atoms with Gasteiger partial charge in [0.15, 0.2) is 0 Å². The van der Waals surface area contributed by atoms with Crippen molar-refractivity contribution in [2.24, 2.45) is 5.41 Å². The molecule has 5 heteroatoms. The lowest BCUT2D eigenvalue weighted by molar-refractivity contribution is 0.0468. The molecule has 1 aliphatic rings. The second kappa shape index (κ2) is 8.82. The van der Waals surface area contributed by atoms with Gasteiger partial charge in [-0.3, -0.25) is 4.98 Å². The van der Waals surface area contributed by atoms with E-state index in [-0.39, 0.29) is 18.1 Å². The van der Waals surface area contributed by atoms with Crippen LogP contribution >= 0.6 is 0 Å². The van der Waals surface area contributed by atoms with Crippen LogP contribution in [0.5, 0.6) is 0 Å². The molecule has 0 spiro atoms. The highest BCUT2D eigenvalue weighted by molar-refractivity contribution is 5.89. The summed E-state index contributed by atoms with van der Waals surface area (Å²) in [7, 11) is 0. The molecule has 1 fully saturated rings. The van der Waals surface area contributed by atoms with Gasteiger partial charge in [-0.2, -0.15) is 0 Å². The topological polar surface area (TPSA) is 65.5 Å². The lowest BCUT2D eigenvalue weighted by atomic mass is 9.78. The largest absolute Gasteiger partial charge is 0.396 e. The number of carbonyl (C=O) groups excluding carboxylic acids is 1. The van der Waals surface area contributed by atoms with Crippen molar-refractivity contribution in [2.75, 3.05) is 25.0 Å². The smallest absolute Gasteiger partial charge is 0.321 e. The minimum absolute atomic E-state index is 0.0993. The molecular formula is C22H27N3O2. The molecule has 27 heavy (non-hydrogen) atoms. The number of piperidine rings is 1. The first-order valence-electron chi connectivity index (χ1n) is 9.50. The number of amides is 2. The number of aliphatic hydroxyl groups excluding tert-OH is 1. The van der Waals surface area contributed by atoms with E-state index in [1.54, 1.807) is 6.20 Å². The summed E-state index contributed by atoms with van der Waals surface area (Å²) in [6, 6.07) is 13.4. The van der Waals surface area contributed by atoms with Crippen LogP contribution in [0.1, 0.15) is 37.4 Å². The number of nitrogens with one attached hydrogen (secondary N) is 1. The van der Waals surface area contributed by atoms with E-state index in [1.807, 2.05) is 59.5 Å². The molecule has 1 aromatic heterocycles. The Labute approximate surface area is 160 Å². The zero-order valence-corrected chi connectivity index (χ0v) is 15.8. The summed E-state index contributed by atoms with van der Waals surface area (Å²) in [6.07, 6.45) is 8.50. The first kappa shape index (κ1) is 19.1. The Morgan fingerprint density at radius 1 is 1.26 bits per heavy atom. The van der Waals surface area contributed by atoms with Crippen molar-refractivity contribution >= 4 is 23.9 Å². The van der Waals surface area contributed by atoms with E-state index >= 15 is 0 Å². The fourth-order valence-corrected chi connectivity index (χ4v) is 3.45. The maximum absolute atomic E-state index is 12.6. The molecule has 0 saturated carbocycles. The monoisotopic (exact) mass is 365 g/mol. The maximum atomic E-state index is 12.6. The molecule has 0 bridgehead atoms. The number of urea groups is 1. The van der Waals surface area contributed by atoms with Crippen LogP contribution in [0.15, 0.2) is 48.7 Å². The highest BCUT2D eigenvalue weighted by atomic mass is 16.3. The van der Waals surface area contributed by atoms with Crippen LogP contribution in [0, 0.1) is 5.41 Å². The Morgan fingerprint density at radius 2 is 2.07 bits per heavy atom. The van der Waals surface area contributed by atoms with Gasteiger partial charge in [0, 0.05) is 30.4 Å². The van der Waals surface area contributed by atoms with E-state index in [0.29, 0.717) is 6.54 Å². The van der Waals surface area contributed by atoms with Crippen LogP contribution in [0.2, 0.25) is 0 Å². The SMILES string of the molecule is CC[C@@]1(CO)CCCN(C(=O)Nc2ccc(/C=C/c3ccccn3)cc2)C1. The molecule has 2 heterocycles. The summed E-state index contributed by atoms with van der Waals surface area (Å²) in [5.41, 5.74) is 2.56.